The number of rotatable bonds is 4. The Labute approximate surface area is 171 Å². The zero-order valence-electron chi connectivity index (χ0n) is 15.3. The molecule has 2 aromatic heterocycles. The molecule has 0 spiro atoms. The molecule has 2 aliphatic rings. The Kier molecular flexibility index (Phi) is 7.37. The highest BCUT2D eigenvalue weighted by Crippen LogP contribution is 2.39. The summed E-state index contributed by atoms with van der Waals surface area (Å²) in [5.41, 5.74) is 6.83. The van der Waals surface area contributed by atoms with Crippen molar-refractivity contribution in [2.24, 2.45) is 17.6 Å². The summed E-state index contributed by atoms with van der Waals surface area (Å²) in [6.45, 7) is 1.83. The van der Waals surface area contributed by atoms with Crippen LogP contribution in [0.15, 0.2) is 27.2 Å². The van der Waals surface area contributed by atoms with Crippen LogP contribution in [0.4, 0.5) is 0 Å². The maximum Gasteiger partial charge on any atom is 0.263 e. The number of carbonyl (C=O) groups excluding carboxylic acids is 1. The first kappa shape index (κ1) is 21.8. The van der Waals surface area contributed by atoms with Crippen molar-refractivity contribution in [2.45, 2.75) is 57.5 Å². The molecule has 2 aromatic rings. The van der Waals surface area contributed by atoms with Gasteiger partial charge in [-0.3, -0.25) is 4.79 Å². The van der Waals surface area contributed by atoms with Crippen molar-refractivity contribution < 1.29 is 13.6 Å². The molecule has 2 saturated carbocycles. The number of amides is 1. The fourth-order valence-corrected chi connectivity index (χ4v) is 4.51. The molecule has 2 bridgehead atoms. The molecule has 4 rings (SSSR count). The third-order valence-corrected chi connectivity index (χ3v) is 5.66. The van der Waals surface area contributed by atoms with E-state index in [4.69, 9.17) is 14.6 Å². The Morgan fingerprint density at radius 2 is 2.00 bits per heavy atom. The van der Waals surface area contributed by atoms with Crippen LogP contribution >= 0.6 is 24.8 Å². The molecule has 0 radical (unpaired) electrons. The number of furan rings is 1. The largest absolute Gasteiger partial charge is 0.459 e. The summed E-state index contributed by atoms with van der Waals surface area (Å²) < 4.78 is 10.9. The number of hydrogen-bond acceptors (Lipinski definition) is 5. The van der Waals surface area contributed by atoms with Gasteiger partial charge in [-0.25, -0.2) is 4.98 Å². The van der Waals surface area contributed by atoms with Crippen LogP contribution in [-0.2, 0) is 11.2 Å². The maximum absolute atomic E-state index is 12.6. The molecular formula is C19H27Cl2N3O3. The molecule has 0 saturated heterocycles. The molecule has 2 heterocycles. The first-order valence-electron chi connectivity index (χ1n) is 9.15. The summed E-state index contributed by atoms with van der Waals surface area (Å²) >= 11 is 0. The molecule has 2 aliphatic carbocycles. The summed E-state index contributed by atoms with van der Waals surface area (Å²) in [5.74, 6) is 2.70. The van der Waals surface area contributed by atoms with Crippen LogP contribution in [0.2, 0.25) is 0 Å². The second-order valence-corrected chi connectivity index (χ2v) is 7.45. The van der Waals surface area contributed by atoms with Crippen LogP contribution in [0, 0.1) is 18.8 Å². The van der Waals surface area contributed by atoms with E-state index in [2.05, 4.69) is 10.3 Å². The van der Waals surface area contributed by atoms with Gasteiger partial charge in [0, 0.05) is 12.1 Å². The maximum atomic E-state index is 12.6. The van der Waals surface area contributed by atoms with Gasteiger partial charge in [-0.15, -0.1) is 24.8 Å². The van der Waals surface area contributed by atoms with Crippen LogP contribution < -0.4 is 11.1 Å². The predicted octanol–water partition coefficient (Wildman–Crippen LogP) is 3.65. The number of aryl methyl sites for hydroxylation is 1. The number of nitrogens with zero attached hydrogens (tertiary/aromatic N) is 1. The lowest BCUT2D eigenvalue weighted by Crippen LogP contribution is -2.54. The molecule has 150 valence electrons. The van der Waals surface area contributed by atoms with Gasteiger partial charge in [0.25, 0.3) is 5.89 Å². The van der Waals surface area contributed by atoms with Crippen molar-refractivity contribution in [1.82, 2.24) is 10.3 Å². The second-order valence-electron chi connectivity index (χ2n) is 7.45. The minimum absolute atomic E-state index is 0. The van der Waals surface area contributed by atoms with Crippen LogP contribution in [0.1, 0.15) is 43.6 Å². The van der Waals surface area contributed by atoms with E-state index in [1.54, 1.807) is 18.4 Å². The first-order valence-corrected chi connectivity index (χ1v) is 9.15. The van der Waals surface area contributed by atoms with Crippen molar-refractivity contribution in [2.75, 3.05) is 0 Å². The SMILES string of the molecule is Cc1oc(-c2ccco2)nc1CC(=O)NC1C2CCCC1CC(N)C2.Cl.Cl. The van der Waals surface area contributed by atoms with Gasteiger partial charge in [0.1, 0.15) is 5.76 Å². The Morgan fingerprint density at radius 1 is 1.30 bits per heavy atom. The summed E-state index contributed by atoms with van der Waals surface area (Å²) in [7, 11) is 0. The van der Waals surface area contributed by atoms with Gasteiger partial charge >= 0.3 is 0 Å². The van der Waals surface area contributed by atoms with E-state index in [1.807, 2.05) is 6.92 Å². The predicted molar refractivity (Wildman–Crippen MR) is 107 cm³/mol. The van der Waals surface area contributed by atoms with Crippen LogP contribution in [0.5, 0.6) is 0 Å². The number of carbonyl (C=O) groups is 1. The number of halogens is 2. The molecule has 2 atom stereocenters. The van der Waals surface area contributed by atoms with E-state index in [9.17, 15) is 4.79 Å². The van der Waals surface area contributed by atoms with E-state index in [1.165, 1.54) is 19.3 Å². The molecular weight excluding hydrogens is 389 g/mol. The molecule has 0 aromatic carbocycles. The minimum Gasteiger partial charge on any atom is -0.459 e. The van der Waals surface area contributed by atoms with Gasteiger partial charge in [-0.05, 0) is 56.6 Å². The van der Waals surface area contributed by atoms with Crippen LogP contribution in [-0.4, -0.2) is 23.0 Å². The van der Waals surface area contributed by atoms with Gasteiger partial charge in [0.2, 0.25) is 5.91 Å². The smallest absolute Gasteiger partial charge is 0.263 e. The van der Waals surface area contributed by atoms with Crippen LogP contribution in [0.3, 0.4) is 0 Å². The zero-order chi connectivity index (χ0) is 17.4. The van der Waals surface area contributed by atoms with E-state index in [0.717, 1.165) is 12.8 Å². The summed E-state index contributed by atoms with van der Waals surface area (Å²) in [4.78, 5) is 17.0. The molecule has 3 N–H and O–H groups in total. The highest BCUT2D eigenvalue weighted by molar-refractivity contribution is 5.85. The van der Waals surface area contributed by atoms with Gasteiger partial charge < -0.3 is 19.9 Å². The Morgan fingerprint density at radius 3 is 2.63 bits per heavy atom. The topological polar surface area (TPSA) is 94.3 Å². The van der Waals surface area contributed by atoms with Gasteiger partial charge in [0.15, 0.2) is 5.76 Å². The summed E-state index contributed by atoms with van der Waals surface area (Å²) in [6, 6.07) is 4.13. The van der Waals surface area contributed by atoms with Gasteiger partial charge in [0.05, 0.1) is 18.4 Å². The highest BCUT2D eigenvalue weighted by atomic mass is 35.5. The normalized spacial score (nSPS) is 26.6. The number of nitrogens with one attached hydrogen (secondary N) is 1. The summed E-state index contributed by atoms with van der Waals surface area (Å²) in [5, 5.41) is 3.26. The fourth-order valence-electron chi connectivity index (χ4n) is 4.51. The minimum atomic E-state index is 0. The monoisotopic (exact) mass is 415 g/mol. The number of fused-ring (bicyclic) bond motifs is 2. The third-order valence-electron chi connectivity index (χ3n) is 5.66. The average molecular weight is 416 g/mol. The Hall–Kier alpha value is -1.50. The van der Waals surface area contributed by atoms with Gasteiger partial charge in [-0.2, -0.15) is 0 Å². The second kappa shape index (κ2) is 9.13. The first-order chi connectivity index (χ1) is 12.1. The van der Waals surface area contributed by atoms with Crippen molar-refractivity contribution in [1.29, 1.82) is 0 Å². The number of oxazole rings is 1. The lowest BCUT2D eigenvalue weighted by atomic mass is 9.67. The molecule has 0 aliphatic heterocycles. The molecule has 2 unspecified atom stereocenters. The van der Waals surface area contributed by atoms with Crippen LogP contribution in [0.25, 0.3) is 11.7 Å². The molecule has 8 heteroatoms. The van der Waals surface area contributed by atoms with E-state index in [0.29, 0.717) is 34.9 Å². The molecule has 1 amide bonds. The number of aromatic nitrogens is 1. The third kappa shape index (κ3) is 4.68. The lowest BCUT2D eigenvalue weighted by molar-refractivity contribution is -0.122. The Bertz CT molecular complexity index is 733. The van der Waals surface area contributed by atoms with Gasteiger partial charge in [-0.1, -0.05) is 6.42 Å². The van der Waals surface area contributed by atoms with Crippen molar-refractivity contribution in [3.63, 3.8) is 0 Å². The van der Waals surface area contributed by atoms with E-state index >= 15 is 0 Å². The highest BCUT2D eigenvalue weighted by Gasteiger charge is 2.39. The zero-order valence-corrected chi connectivity index (χ0v) is 17.0. The fraction of sp³-hybridized carbons (Fsp3) is 0.579. The quantitative estimate of drug-likeness (QED) is 0.794. The molecule has 2 fully saturated rings. The summed E-state index contributed by atoms with van der Waals surface area (Å²) in [6.07, 6.45) is 7.44. The lowest BCUT2D eigenvalue weighted by Gasteiger charge is -2.45. The number of hydrogen-bond donors (Lipinski definition) is 2. The van der Waals surface area contributed by atoms with E-state index < -0.39 is 0 Å². The molecule has 6 nitrogen and oxygen atoms in total. The molecule has 27 heavy (non-hydrogen) atoms. The number of nitrogens with two attached hydrogens (primary N) is 1. The van der Waals surface area contributed by atoms with E-state index in [-0.39, 0.29) is 49.2 Å². The van der Waals surface area contributed by atoms with Crippen molar-refractivity contribution in [3.8, 4) is 11.7 Å². The van der Waals surface area contributed by atoms with Crippen molar-refractivity contribution in [3.05, 3.63) is 29.9 Å². The standard InChI is InChI=1S/C19H25N3O3.2ClH/c1-11-15(21-19(25-11)16-6-3-7-24-16)10-17(23)22-18-12-4-2-5-13(18)9-14(20)8-12;;/h3,6-7,12-14,18H,2,4-5,8-10,20H2,1H3,(H,22,23);2*1H. The average Bonchev–Trinajstić information content (AvgIpc) is 3.19. The Balaban J connectivity index is 0.00000131. The van der Waals surface area contributed by atoms with Crippen molar-refractivity contribution >= 4 is 30.7 Å².